The molecule has 0 saturated carbocycles. The molecule has 2 aliphatic rings. The van der Waals surface area contributed by atoms with Gasteiger partial charge in [0, 0.05) is 24.2 Å². The van der Waals surface area contributed by atoms with Crippen LogP contribution in [0.4, 0.5) is 5.82 Å². The molecule has 0 spiro atoms. The summed E-state index contributed by atoms with van der Waals surface area (Å²) in [6.45, 7) is 5.59. The first-order valence-corrected chi connectivity index (χ1v) is 11.1. The summed E-state index contributed by atoms with van der Waals surface area (Å²) in [4.78, 5) is 18.0. The lowest BCUT2D eigenvalue weighted by atomic mass is 9.87. The SMILES string of the molecule is CCCCc1nc2sc3c(N4CCOCC4)ncnc3c2c2c1CCCC2. The van der Waals surface area contributed by atoms with Gasteiger partial charge in [0.15, 0.2) is 0 Å². The number of nitrogens with zero attached hydrogens (tertiary/aromatic N) is 4. The summed E-state index contributed by atoms with van der Waals surface area (Å²) in [5.74, 6) is 1.06. The van der Waals surface area contributed by atoms with E-state index in [1.807, 2.05) is 0 Å². The van der Waals surface area contributed by atoms with Crippen molar-refractivity contribution >= 4 is 37.6 Å². The van der Waals surface area contributed by atoms with Gasteiger partial charge in [0.1, 0.15) is 17.0 Å². The lowest BCUT2D eigenvalue weighted by Gasteiger charge is -2.27. The highest BCUT2D eigenvalue weighted by Gasteiger charge is 2.24. The number of fused-ring (bicyclic) bond motifs is 5. The smallest absolute Gasteiger partial charge is 0.150 e. The molecule has 5 nitrogen and oxygen atoms in total. The number of hydrogen-bond donors (Lipinski definition) is 0. The Labute approximate surface area is 163 Å². The number of aryl methyl sites for hydroxylation is 2. The van der Waals surface area contributed by atoms with Gasteiger partial charge in [0.25, 0.3) is 0 Å². The zero-order chi connectivity index (χ0) is 18.2. The van der Waals surface area contributed by atoms with E-state index in [1.54, 1.807) is 17.7 Å². The Morgan fingerprint density at radius 1 is 1.11 bits per heavy atom. The number of thiophene rings is 1. The van der Waals surface area contributed by atoms with Crippen LogP contribution in [0.3, 0.4) is 0 Å². The molecule has 1 aliphatic heterocycles. The first kappa shape index (κ1) is 17.3. The van der Waals surface area contributed by atoms with E-state index >= 15 is 0 Å². The summed E-state index contributed by atoms with van der Waals surface area (Å²) in [5.41, 5.74) is 5.49. The lowest BCUT2D eigenvalue weighted by Crippen LogP contribution is -2.36. The van der Waals surface area contributed by atoms with Crippen LogP contribution in [0.25, 0.3) is 20.4 Å². The Balaban J connectivity index is 1.72. The van der Waals surface area contributed by atoms with Crippen molar-refractivity contribution in [1.82, 2.24) is 15.0 Å². The normalized spacial score (nSPS) is 17.6. The fraction of sp³-hybridized carbons (Fsp3) is 0.571. The molecule has 4 heterocycles. The van der Waals surface area contributed by atoms with Crippen molar-refractivity contribution in [3.63, 3.8) is 0 Å². The van der Waals surface area contributed by atoms with Gasteiger partial charge in [-0.15, -0.1) is 11.3 Å². The molecule has 6 heteroatoms. The van der Waals surface area contributed by atoms with Crippen LogP contribution in [0.15, 0.2) is 6.33 Å². The van der Waals surface area contributed by atoms with Gasteiger partial charge >= 0.3 is 0 Å². The second kappa shape index (κ2) is 7.32. The summed E-state index contributed by atoms with van der Waals surface area (Å²) in [6, 6.07) is 0. The Kier molecular flexibility index (Phi) is 4.70. The fourth-order valence-corrected chi connectivity index (χ4v) is 5.67. The van der Waals surface area contributed by atoms with Crippen molar-refractivity contribution < 1.29 is 4.74 Å². The van der Waals surface area contributed by atoms with Gasteiger partial charge in [-0.1, -0.05) is 13.3 Å². The molecule has 0 amide bonds. The van der Waals surface area contributed by atoms with E-state index in [4.69, 9.17) is 14.7 Å². The molecular weight excluding hydrogens is 356 g/mol. The van der Waals surface area contributed by atoms with Crippen LogP contribution >= 0.6 is 11.3 Å². The van der Waals surface area contributed by atoms with Crippen LogP contribution in [0.2, 0.25) is 0 Å². The third-order valence-corrected chi connectivity index (χ3v) is 6.94. The van der Waals surface area contributed by atoms with Crippen LogP contribution in [0.5, 0.6) is 0 Å². The van der Waals surface area contributed by atoms with Crippen LogP contribution < -0.4 is 4.90 Å². The predicted molar refractivity (Wildman–Crippen MR) is 111 cm³/mol. The Morgan fingerprint density at radius 2 is 1.93 bits per heavy atom. The second-order valence-corrected chi connectivity index (χ2v) is 8.58. The zero-order valence-corrected chi connectivity index (χ0v) is 16.8. The zero-order valence-electron chi connectivity index (χ0n) is 16.0. The van der Waals surface area contributed by atoms with Gasteiger partial charge in [0.05, 0.1) is 23.4 Å². The number of unbranched alkanes of at least 4 members (excludes halogenated alkanes) is 1. The average molecular weight is 383 g/mol. The Morgan fingerprint density at radius 3 is 2.74 bits per heavy atom. The molecule has 0 atom stereocenters. The molecule has 27 heavy (non-hydrogen) atoms. The van der Waals surface area contributed by atoms with Crippen molar-refractivity contribution in [3.8, 4) is 0 Å². The van der Waals surface area contributed by atoms with E-state index in [9.17, 15) is 0 Å². The number of hydrogen-bond acceptors (Lipinski definition) is 6. The highest BCUT2D eigenvalue weighted by atomic mass is 32.1. The van der Waals surface area contributed by atoms with Gasteiger partial charge in [0.2, 0.25) is 0 Å². The topological polar surface area (TPSA) is 51.1 Å². The third kappa shape index (κ3) is 2.99. The number of rotatable bonds is 4. The van der Waals surface area contributed by atoms with Crippen LogP contribution in [-0.4, -0.2) is 41.3 Å². The molecule has 1 fully saturated rings. The van der Waals surface area contributed by atoms with Crippen LogP contribution in [0.1, 0.15) is 49.4 Å². The molecule has 3 aromatic heterocycles. The van der Waals surface area contributed by atoms with Crippen molar-refractivity contribution in [1.29, 1.82) is 0 Å². The first-order chi connectivity index (χ1) is 13.4. The molecule has 1 aliphatic carbocycles. The predicted octanol–water partition coefficient (Wildman–Crippen LogP) is 4.30. The van der Waals surface area contributed by atoms with Gasteiger partial charge < -0.3 is 9.64 Å². The highest BCUT2D eigenvalue weighted by Crippen LogP contribution is 2.41. The van der Waals surface area contributed by atoms with Crippen molar-refractivity contribution in [3.05, 3.63) is 23.1 Å². The van der Waals surface area contributed by atoms with E-state index in [0.717, 1.165) is 55.3 Å². The lowest BCUT2D eigenvalue weighted by molar-refractivity contribution is 0.122. The largest absolute Gasteiger partial charge is 0.378 e. The van der Waals surface area contributed by atoms with Gasteiger partial charge in [-0.2, -0.15) is 0 Å². The standard InChI is InChI=1S/C21H26N4OS/c1-2-3-8-16-14-6-4-5-7-15(14)17-18-19(27-21(17)24-16)20(23-13-22-18)25-9-11-26-12-10-25/h13H,2-12H2,1H3. The number of morpholine rings is 1. The van der Waals surface area contributed by atoms with Crippen molar-refractivity contribution in [2.45, 2.75) is 51.9 Å². The minimum Gasteiger partial charge on any atom is -0.378 e. The fourth-order valence-electron chi connectivity index (χ4n) is 4.48. The third-order valence-electron chi connectivity index (χ3n) is 5.87. The average Bonchev–Trinajstić information content (AvgIpc) is 3.11. The van der Waals surface area contributed by atoms with E-state index in [0.29, 0.717) is 0 Å². The maximum atomic E-state index is 5.53. The number of pyridine rings is 1. The Bertz CT molecular complexity index is 977. The monoisotopic (exact) mass is 382 g/mol. The number of aromatic nitrogens is 3. The molecule has 3 aromatic rings. The summed E-state index contributed by atoms with van der Waals surface area (Å²) in [6.07, 6.45) is 10.2. The number of anilines is 1. The van der Waals surface area contributed by atoms with Crippen LogP contribution in [0, 0.1) is 0 Å². The molecule has 0 radical (unpaired) electrons. The minimum atomic E-state index is 0.769. The van der Waals surface area contributed by atoms with Gasteiger partial charge in [-0.25, -0.2) is 15.0 Å². The molecule has 5 rings (SSSR count). The molecule has 0 N–H and O–H groups in total. The van der Waals surface area contributed by atoms with E-state index in [1.165, 1.54) is 59.0 Å². The van der Waals surface area contributed by atoms with Gasteiger partial charge in [-0.3, -0.25) is 0 Å². The minimum absolute atomic E-state index is 0.769. The number of ether oxygens (including phenoxy) is 1. The molecule has 1 saturated heterocycles. The van der Waals surface area contributed by atoms with Crippen molar-refractivity contribution in [2.75, 3.05) is 31.2 Å². The van der Waals surface area contributed by atoms with E-state index in [2.05, 4.69) is 16.8 Å². The summed E-state index contributed by atoms with van der Waals surface area (Å²) in [7, 11) is 0. The summed E-state index contributed by atoms with van der Waals surface area (Å²) in [5, 5.41) is 1.31. The quantitative estimate of drug-likeness (QED) is 0.673. The highest BCUT2D eigenvalue weighted by molar-refractivity contribution is 7.26. The molecule has 0 unspecified atom stereocenters. The maximum Gasteiger partial charge on any atom is 0.150 e. The Hall–Kier alpha value is -1.79. The van der Waals surface area contributed by atoms with Gasteiger partial charge in [-0.05, 0) is 49.7 Å². The van der Waals surface area contributed by atoms with Crippen molar-refractivity contribution in [2.24, 2.45) is 0 Å². The first-order valence-electron chi connectivity index (χ1n) is 10.3. The summed E-state index contributed by atoms with van der Waals surface area (Å²) >= 11 is 1.78. The summed E-state index contributed by atoms with van der Waals surface area (Å²) < 4.78 is 6.72. The van der Waals surface area contributed by atoms with E-state index < -0.39 is 0 Å². The molecule has 0 bridgehead atoms. The van der Waals surface area contributed by atoms with Crippen LogP contribution in [-0.2, 0) is 24.0 Å². The molecule has 142 valence electrons. The van der Waals surface area contributed by atoms with E-state index in [-0.39, 0.29) is 0 Å². The second-order valence-electron chi connectivity index (χ2n) is 7.58. The molecule has 0 aromatic carbocycles. The molecular formula is C21H26N4OS. The maximum absolute atomic E-state index is 5.53.